The molecule has 0 unspecified atom stereocenters. The van der Waals surface area contributed by atoms with Gasteiger partial charge in [-0.1, -0.05) is 18.6 Å². The Morgan fingerprint density at radius 2 is 2.14 bits per heavy atom. The molecule has 0 spiro atoms. The van der Waals surface area contributed by atoms with Gasteiger partial charge in [0.05, 0.1) is 13.2 Å². The number of carbonyl (C=O) groups excluding carboxylic acids is 1. The van der Waals surface area contributed by atoms with Gasteiger partial charge in [-0.05, 0) is 64.3 Å². The molecule has 2 aliphatic carbocycles. The van der Waals surface area contributed by atoms with Crippen LogP contribution in [0.5, 0.6) is 0 Å². The van der Waals surface area contributed by atoms with E-state index < -0.39 is 0 Å². The van der Waals surface area contributed by atoms with E-state index in [-0.39, 0.29) is 5.91 Å². The third kappa shape index (κ3) is 4.92. The molecule has 0 bridgehead atoms. The molecular weight excluding hydrogens is 364 g/mol. The van der Waals surface area contributed by atoms with Crippen LogP contribution < -0.4 is 5.32 Å². The van der Waals surface area contributed by atoms with Crippen molar-refractivity contribution in [3.05, 3.63) is 28.6 Å². The second kappa shape index (κ2) is 9.90. The number of ether oxygens (including phenoxy) is 1. The highest BCUT2D eigenvalue weighted by Crippen LogP contribution is 2.27. The highest BCUT2D eigenvalue weighted by molar-refractivity contribution is 5.94. The highest BCUT2D eigenvalue weighted by atomic mass is 16.5. The van der Waals surface area contributed by atoms with Crippen LogP contribution >= 0.6 is 0 Å². The van der Waals surface area contributed by atoms with Gasteiger partial charge in [0.2, 0.25) is 0 Å². The van der Waals surface area contributed by atoms with E-state index in [2.05, 4.69) is 23.0 Å². The van der Waals surface area contributed by atoms with E-state index in [1.54, 1.807) is 5.57 Å². The van der Waals surface area contributed by atoms with E-state index in [1.165, 1.54) is 36.9 Å². The average molecular weight is 401 g/mol. The number of rotatable bonds is 7. The van der Waals surface area contributed by atoms with E-state index in [0.717, 1.165) is 45.2 Å². The first-order chi connectivity index (χ1) is 14.3. The van der Waals surface area contributed by atoms with Gasteiger partial charge in [-0.3, -0.25) is 9.48 Å². The molecule has 4 rings (SSSR count). The zero-order chi connectivity index (χ0) is 20.1. The summed E-state index contributed by atoms with van der Waals surface area (Å²) in [5.41, 5.74) is 4.79. The molecule has 0 aromatic carbocycles. The number of fused-ring (bicyclic) bond motifs is 1. The first-order valence-corrected chi connectivity index (χ1v) is 11.6. The van der Waals surface area contributed by atoms with Gasteiger partial charge in [-0.2, -0.15) is 5.10 Å². The average Bonchev–Trinajstić information content (AvgIpc) is 3.13. The minimum Gasteiger partial charge on any atom is -0.378 e. The lowest BCUT2D eigenvalue weighted by atomic mass is 9.90. The number of nitrogens with one attached hydrogen (secondary N) is 1. The quantitative estimate of drug-likeness (QED) is 0.715. The summed E-state index contributed by atoms with van der Waals surface area (Å²) in [6.07, 6.45) is 12.9. The van der Waals surface area contributed by atoms with Crippen molar-refractivity contribution in [2.75, 3.05) is 32.8 Å². The molecule has 1 aliphatic heterocycles. The van der Waals surface area contributed by atoms with Crippen molar-refractivity contribution in [1.82, 2.24) is 20.0 Å². The highest BCUT2D eigenvalue weighted by Gasteiger charge is 2.31. The van der Waals surface area contributed by atoms with Crippen LogP contribution in [0.15, 0.2) is 11.6 Å². The molecule has 1 aromatic rings. The molecule has 160 valence electrons. The fourth-order valence-corrected chi connectivity index (χ4v) is 4.92. The SMILES string of the molecule is CCCn1nc(C(=O)N2CCOCC2)c2c1CC[C@@H](NCCC1=CCCCC1)C2. The summed E-state index contributed by atoms with van der Waals surface area (Å²) < 4.78 is 7.52. The number of amides is 1. The van der Waals surface area contributed by atoms with Gasteiger partial charge in [-0.25, -0.2) is 0 Å². The third-order valence-electron chi connectivity index (χ3n) is 6.55. The fourth-order valence-electron chi connectivity index (χ4n) is 4.92. The summed E-state index contributed by atoms with van der Waals surface area (Å²) in [6.45, 7) is 6.71. The summed E-state index contributed by atoms with van der Waals surface area (Å²) in [5.74, 6) is 0.0902. The third-order valence-corrected chi connectivity index (χ3v) is 6.55. The molecule has 2 heterocycles. The van der Waals surface area contributed by atoms with Crippen LogP contribution in [0.1, 0.15) is 73.6 Å². The smallest absolute Gasteiger partial charge is 0.274 e. The number of carbonyl (C=O) groups is 1. The molecule has 1 aromatic heterocycles. The standard InChI is InChI=1S/C23H36N4O2/c1-2-12-27-21-9-8-19(24-11-10-18-6-4-3-5-7-18)17-20(21)22(25-27)23(28)26-13-15-29-16-14-26/h6,19,24H,2-5,7-17H2,1H3/t19-/m1/s1. The molecule has 0 radical (unpaired) electrons. The maximum atomic E-state index is 13.2. The molecule has 29 heavy (non-hydrogen) atoms. The van der Waals surface area contributed by atoms with E-state index in [0.29, 0.717) is 38.0 Å². The molecule has 1 amide bonds. The van der Waals surface area contributed by atoms with Crippen LogP contribution in [0.2, 0.25) is 0 Å². The van der Waals surface area contributed by atoms with Crippen molar-refractivity contribution in [2.45, 2.75) is 77.3 Å². The Labute approximate surface area is 174 Å². The second-order valence-corrected chi connectivity index (χ2v) is 8.65. The van der Waals surface area contributed by atoms with E-state index >= 15 is 0 Å². The normalized spacial score (nSPS) is 22.3. The molecule has 6 heteroatoms. The summed E-state index contributed by atoms with van der Waals surface area (Å²) in [7, 11) is 0. The lowest BCUT2D eigenvalue weighted by Crippen LogP contribution is -2.42. The summed E-state index contributed by atoms with van der Waals surface area (Å²) in [4.78, 5) is 15.1. The Balaban J connectivity index is 1.43. The number of aromatic nitrogens is 2. The molecule has 0 saturated carbocycles. The van der Waals surface area contributed by atoms with Gasteiger partial charge in [-0.15, -0.1) is 0 Å². The largest absolute Gasteiger partial charge is 0.378 e. The summed E-state index contributed by atoms with van der Waals surface area (Å²) in [5, 5.41) is 8.57. The van der Waals surface area contributed by atoms with Crippen LogP contribution in [0.4, 0.5) is 0 Å². The van der Waals surface area contributed by atoms with Gasteiger partial charge in [0.25, 0.3) is 5.91 Å². The Kier molecular flexibility index (Phi) is 7.03. The molecule has 3 aliphatic rings. The van der Waals surface area contributed by atoms with Gasteiger partial charge in [0.15, 0.2) is 5.69 Å². The minimum absolute atomic E-state index is 0.0902. The fraction of sp³-hybridized carbons (Fsp3) is 0.739. The number of morpholine rings is 1. The monoisotopic (exact) mass is 400 g/mol. The Bertz CT molecular complexity index is 733. The van der Waals surface area contributed by atoms with Crippen molar-refractivity contribution in [3.63, 3.8) is 0 Å². The van der Waals surface area contributed by atoms with Gasteiger partial charge in [0, 0.05) is 36.9 Å². The van der Waals surface area contributed by atoms with Crippen LogP contribution in [0.3, 0.4) is 0 Å². The number of allylic oxidation sites excluding steroid dienone is 1. The first-order valence-electron chi connectivity index (χ1n) is 11.6. The van der Waals surface area contributed by atoms with Crippen LogP contribution in [0, 0.1) is 0 Å². The van der Waals surface area contributed by atoms with Crippen molar-refractivity contribution >= 4 is 5.91 Å². The van der Waals surface area contributed by atoms with Gasteiger partial charge < -0.3 is 15.0 Å². The van der Waals surface area contributed by atoms with Crippen LogP contribution in [-0.4, -0.2) is 59.5 Å². The number of hydrogen-bond acceptors (Lipinski definition) is 4. The van der Waals surface area contributed by atoms with Gasteiger partial charge >= 0.3 is 0 Å². The zero-order valence-electron chi connectivity index (χ0n) is 17.9. The molecule has 6 nitrogen and oxygen atoms in total. The number of aryl methyl sites for hydroxylation is 1. The Hall–Kier alpha value is -1.66. The summed E-state index contributed by atoms with van der Waals surface area (Å²) >= 11 is 0. The van der Waals surface area contributed by atoms with Crippen molar-refractivity contribution in [2.24, 2.45) is 0 Å². The van der Waals surface area contributed by atoms with Gasteiger partial charge in [0.1, 0.15) is 0 Å². The van der Waals surface area contributed by atoms with Crippen molar-refractivity contribution in [3.8, 4) is 0 Å². The maximum Gasteiger partial charge on any atom is 0.274 e. The Morgan fingerprint density at radius 1 is 1.28 bits per heavy atom. The predicted octanol–water partition coefficient (Wildman–Crippen LogP) is 3.10. The van der Waals surface area contributed by atoms with Crippen molar-refractivity contribution < 1.29 is 9.53 Å². The minimum atomic E-state index is 0.0902. The van der Waals surface area contributed by atoms with E-state index in [1.807, 2.05) is 4.90 Å². The molecule has 1 N–H and O–H groups in total. The molecular formula is C23H36N4O2. The molecule has 1 saturated heterocycles. The van der Waals surface area contributed by atoms with Crippen molar-refractivity contribution in [1.29, 1.82) is 0 Å². The number of hydrogen-bond donors (Lipinski definition) is 1. The molecule has 1 atom stereocenters. The topological polar surface area (TPSA) is 59.4 Å². The predicted molar refractivity (Wildman–Crippen MR) is 114 cm³/mol. The van der Waals surface area contributed by atoms with E-state index in [9.17, 15) is 4.79 Å². The second-order valence-electron chi connectivity index (χ2n) is 8.65. The first kappa shape index (κ1) is 20.6. The lowest BCUT2D eigenvalue weighted by molar-refractivity contribution is 0.0297. The van der Waals surface area contributed by atoms with E-state index in [4.69, 9.17) is 9.84 Å². The Morgan fingerprint density at radius 3 is 2.90 bits per heavy atom. The number of nitrogens with zero attached hydrogens (tertiary/aromatic N) is 3. The van der Waals surface area contributed by atoms with Crippen LogP contribution in [-0.2, 0) is 24.1 Å². The van der Waals surface area contributed by atoms with Crippen LogP contribution in [0.25, 0.3) is 0 Å². The molecule has 1 fully saturated rings. The summed E-state index contributed by atoms with van der Waals surface area (Å²) in [6, 6.07) is 0.446. The lowest BCUT2D eigenvalue weighted by Gasteiger charge is -2.28. The zero-order valence-corrected chi connectivity index (χ0v) is 17.9. The maximum absolute atomic E-state index is 13.2.